The van der Waals surface area contributed by atoms with E-state index in [1.54, 1.807) is 7.11 Å². The van der Waals surface area contributed by atoms with Crippen LogP contribution in [-0.2, 0) is 11.0 Å². The number of nitrogens with one attached hydrogen (secondary N) is 2. The number of rotatable bonds is 5. The first-order chi connectivity index (χ1) is 13.8. The molecule has 2 aromatic rings. The summed E-state index contributed by atoms with van der Waals surface area (Å²) >= 11 is 0. The summed E-state index contributed by atoms with van der Waals surface area (Å²) in [5.74, 6) is 0.608. The van der Waals surface area contributed by atoms with Gasteiger partial charge in [-0.25, -0.2) is 0 Å². The fourth-order valence-electron chi connectivity index (χ4n) is 3.47. The van der Waals surface area contributed by atoms with Crippen molar-refractivity contribution in [3.63, 3.8) is 0 Å². The van der Waals surface area contributed by atoms with Gasteiger partial charge in [0.25, 0.3) is 5.91 Å². The molecule has 1 amide bonds. The van der Waals surface area contributed by atoms with Gasteiger partial charge in [0.05, 0.1) is 38.9 Å². The third-order valence-corrected chi connectivity index (χ3v) is 5.31. The minimum atomic E-state index is -4.39. The minimum Gasteiger partial charge on any atom is -0.497 e. The van der Waals surface area contributed by atoms with Crippen LogP contribution in [0.3, 0.4) is 0 Å². The van der Waals surface area contributed by atoms with Gasteiger partial charge in [-0.2, -0.15) is 13.2 Å². The molecule has 5 nitrogen and oxygen atoms in total. The number of hydrogen-bond acceptors (Lipinski definition) is 3. The Balaban J connectivity index is 1.54. The molecule has 1 atom stereocenters. The molecule has 1 aliphatic heterocycles. The summed E-state index contributed by atoms with van der Waals surface area (Å²) in [6.07, 6.45) is -4.39. The van der Waals surface area contributed by atoms with Crippen molar-refractivity contribution < 1.29 is 27.6 Å². The Morgan fingerprint density at radius 3 is 2.38 bits per heavy atom. The van der Waals surface area contributed by atoms with Crippen molar-refractivity contribution in [3.05, 3.63) is 54.1 Å². The zero-order valence-electron chi connectivity index (χ0n) is 16.4. The van der Waals surface area contributed by atoms with Crippen LogP contribution in [0.4, 0.5) is 24.5 Å². The topological polar surface area (TPSA) is 46.0 Å². The Labute approximate surface area is 168 Å². The molecule has 29 heavy (non-hydrogen) atoms. The Kier molecular flexibility index (Phi) is 6.32. The predicted octanol–water partition coefficient (Wildman–Crippen LogP) is 2.45. The molecule has 1 aliphatic rings. The molecule has 1 fully saturated rings. The summed E-state index contributed by atoms with van der Waals surface area (Å²) in [4.78, 5) is 15.9. The summed E-state index contributed by atoms with van der Waals surface area (Å²) in [5, 5.41) is 2.72. The molecule has 0 saturated carbocycles. The molecule has 2 N–H and O–H groups in total. The lowest BCUT2D eigenvalue weighted by molar-refractivity contribution is -0.914. The number of carbonyl (C=O) groups excluding carboxylic acids is 1. The summed E-state index contributed by atoms with van der Waals surface area (Å²) in [5.41, 5.74) is 0.720. The molecule has 0 unspecified atom stereocenters. The van der Waals surface area contributed by atoms with Crippen LogP contribution in [0.5, 0.6) is 5.75 Å². The van der Waals surface area contributed by atoms with Gasteiger partial charge in [-0.15, -0.1) is 0 Å². The van der Waals surface area contributed by atoms with Crippen molar-refractivity contribution in [2.24, 2.45) is 0 Å². The first-order valence-corrected chi connectivity index (χ1v) is 9.49. The lowest BCUT2D eigenvalue weighted by Crippen LogP contribution is -3.19. The van der Waals surface area contributed by atoms with Gasteiger partial charge in [0, 0.05) is 17.4 Å². The number of benzene rings is 2. The van der Waals surface area contributed by atoms with Crippen LogP contribution in [0, 0.1) is 0 Å². The van der Waals surface area contributed by atoms with Crippen LogP contribution in [-0.4, -0.2) is 45.2 Å². The van der Waals surface area contributed by atoms with Crippen molar-refractivity contribution >= 4 is 17.3 Å². The third-order valence-electron chi connectivity index (χ3n) is 5.31. The van der Waals surface area contributed by atoms with E-state index in [-0.39, 0.29) is 11.9 Å². The zero-order chi connectivity index (χ0) is 21.0. The number of methoxy groups -OCH3 is 1. The van der Waals surface area contributed by atoms with Crippen LogP contribution in [0.15, 0.2) is 48.5 Å². The third kappa shape index (κ3) is 5.20. The van der Waals surface area contributed by atoms with Crippen molar-refractivity contribution in [2.75, 3.05) is 43.5 Å². The van der Waals surface area contributed by atoms with Gasteiger partial charge in [0.2, 0.25) is 0 Å². The molecule has 1 saturated heterocycles. The Bertz CT molecular complexity index is 832. The second kappa shape index (κ2) is 8.73. The summed E-state index contributed by atoms with van der Waals surface area (Å²) in [6.45, 7) is 5.04. The van der Waals surface area contributed by atoms with Gasteiger partial charge in [-0.1, -0.05) is 6.07 Å². The quantitative estimate of drug-likeness (QED) is 0.799. The molecule has 3 rings (SSSR count). The smallest absolute Gasteiger partial charge is 0.416 e. The van der Waals surface area contributed by atoms with Gasteiger partial charge in [0.1, 0.15) is 5.75 Å². The minimum absolute atomic E-state index is 0.199. The molecule has 8 heteroatoms. The average Bonchev–Trinajstić information content (AvgIpc) is 2.73. The van der Waals surface area contributed by atoms with E-state index in [0.717, 1.165) is 54.6 Å². The summed E-state index contributed by atoms with van der Waals surface area (Å²) in [7, 11) is 1.64. The Morgan fingerprint density at radius 1 is 1.14 bits per heavy atom. The van der Waals surface area contributed by atoms with E-state index in [0.29, 0.717) is 5.69 Å². The number of carbonyl (C=O) groups is 1. The highest BCUT2D eigenvalue weighted by Crippen LogP contribution is 2.29. The molecule has 0 radical (unpaired) electrons. The molecule has 2 aromatic carbocycles. The molecule has 0 bridgehead atoms. The predicted molar refractivity (Wildman–Crippen MR) is 105 cm³/mol. The molecular weight excluding hydrogens is 383 g/mol. The summed E-state index contributed by atoms with van der Waals surface area (Å²) in [6, 6.07) is 12.1. The van der Waals surface area contributed by atoms with E-state index >= 15 is 0 Å². The number of anilines is 2. The van der Waals surface area contributed by atoms with Crippen LogP contribution < -0.4 is 19.9 Å². The Morgan fingerprint density at radius 2 is 1.79 bits per heavy atom. The SMILES string of the molecule is COc1cccc(N2CC[NH+]([C@H](C)C(=O)Nc3ccc(C(F)(F)F)cc3)CC2)c1. The Hall–Kier alpha value is -2.74. The maximum atomic E-state index is 12.6. The lowest BCUT2D eigenvalue weighted by Gasteiger charge is -2.36. The van der Waals surface area contributed by atoms with E-state index in [1.165, 1.54) is 12.1 Å². The normalized spacial score (nSPS) is 16.4. The highest BCUT2D eigenvalue weighted by molar-refractivity contribution is 5.93. The number of quaternary nitrogens is 1. The highest BCUT2D eigenvalue weighted by Gasteiger charge is 2.31. The number of nitrogens with zero attached hydrogens (tertiary/aromatic N) is 1. The number of halogens is 3. The summed E-state index contributed by atoms with van der Waals surface area (Å²) < 4.78 is 43.2. The number of amides is 1. The van der Waals surface area contributed by atoms with E-state index in [9.17, 15) is 18.0 Å². The number of alkyl halides is 3. The molecule has 0 aromatic heterocycles. The number of ether oxygens (including phenoxy) is 1. The number of piperazine rings is 1. The second-order valence-corrected chi connectivity index (χ2v) is 7.13. The maximum absolute atomic E-state index is 12.6. The van der Waals surface area contributed by atoms with Gasteiger partial charge in [-0.3, -0.25) is 4.79 Å². The average molecular weight is 408 g/mol. The molecule has 1 heterocycles. The molecule has 0 aliphatic carbocycles. The van der Waals surface area contributed by atoms with Gasteiger partial charge >= 0.3 is 6.18 Å². The lowest BCUT2D eigenvalue weighted by atomic mass is 10.1. The van der Waals surface area contributed by atoms with Crippen molar-refractivity contribution in [3.8, 4) is 5.75 Å². The van der Waals surface area contributed by atoms with Gasteiger partial charge < -0.3 is 19.9 Å². The largest absolute Gasteiger partial charge is 0.497 e. The second-order valence-electron chi connectivity index (χ2n) is 7.13. The van der Waals surface area contributed by atoms with Crippen LogP contribution in [0.1, 0.15) is 12.5 Å². The van der Waals surface area contributed by atoms with E-state index in [1.807, 2.05) is 31.2 Å². The monoisotopic (exact) mass is 408 g/mol. The first-order valence-electron chi connectivity index (χ1n) is 9.49. The maximum Gasteiger partial charge on any atom is 0.416 e. The molecule has 0 spiro atoms. The van der Waals surface area contributed by atoms with E-state index < -0.39 is 11.7 Å². The molecule has 156 valence electrons. The zero-order valence-corrected chi connectivity index (χ0v) is 16.4. The van der Waals surface area contributed by atoms with Crippen LogP contribution >= 0.6 is 0 Å². The van der Waals surface area contributed by atoms with Crippen LogP contribution in [0.2, 0.25) is 0 Å². The fraction of sp³-hybridized carbons (Fsp3) is 0.381. The first kappa shape index (κ1) is 21.0. The van der Waals surface area contributed by atoms with Crippen LogP contribution in [0.25, 0.3) is 0 Å². The van der Waals surface area contributed by atoms with E-state index in [4.69, 9.17) is 4.74 Å². The molecular formula is C21H25F3N3O2+. The van der Waals surface area contributed by atoms with Crippen molar-refractivity contribution in [1.29, 1.82) is 0 Å². The standard InChI is InChI=1S/C21H24F3N3O2/c1-15(20(28)25-17-8-6-16(7-9-17)21(22,23)24)26-10-12-27(13-11-26)18-4-3-5-19(14-18)29-2/h3-9,14-15H,10-13H2,1-2H3,(H,25,28)/p+1/t15-/m1/s1. The van der Waals surface area contributed by atoms with E-state index in [2.05, 4.69) is 10.2 Å². The van der Waals surface area contributed by atoms with Crippen molar-refractivity contribution in [2.45, 2.75) is 19.1 Å². The number of hydrogen-bond donors (Lipinski definition) is 2. The van der Waals surface area contributed by atoms with Crippen molar-refractivity contribution in [1.82, 2.24) is 0 Å². The highest BCUT2D eigenvalue weighted by atomic mass is 19.4. The van der Waals surface area contributed by atoms with Gasteiger partial charge in [0.15, 0.2) is 6.04 Å². The van der Waals surface area contributed by atoms with Gasteiger partial charge in [-0.05, 0) is 43.3 Å². The fourth-order valence-corrected chi connectivity index (χ4v) is 3.47.